The summed E-state index contributed by atoms with van der Waals surface area (Å²) in [5.41, 5.74) is 2.67. The maximum atomic E-state index is 12.1. The number of nitrogens with one attached hydrogen (secondary N) is 2. The van der Waals surface area contributed by atoms with Crippen molar-refractivity contribution in [1.29, 1.82) is 0 Å². The van der Waals surface area contributed by atoms with E-state index in [0.717, 1.165) is 6.42 Å². The van der Waals surface area contributed by atoms with Crippen LogP contribution in [0, 0.1) is 0 Å². The minimum atomic E-state index is -3.67. The number of hydrogen-bond acceptors (Lipinski definition) is 3. The second-order valence-corrected chi connectivity index (χ2v) is 6.71. The average molecular weight is 333 g/mol. The molecular formula is C16H19N3O3S. The van der Waals surface area contributed by atoms with Crippen molar-refractivity contribution >= 4 is 27.4 Å². The SMILES string of the molecule is CCc1ccc(NC(=O)Nc2ccccc2CS(N)(=O)=O)cc1. The number of rotatable bonds is 5. The quantitative estimate of drug-likeness (QED) is 0.784. The molecule has 0 spiro atoms. The molecule has 0 saturated carbocycles. The summed E-state index contributed by atoms with van der Waals surface area (Å²) in [7, 11) is -3.67. The van der Waals surface area contributed by atoms with E-state index >= 15 is 0 Å². The minimum Gasteiger partial charge on any atom is -0.308 e. The van der Waals surface area contributed by atoms with E-state index < -0.39 is 16.1 Å². The number of benzene rings is 2. The number of carbonyl (C=O) groups is 1. The predicted molar refractivity (Wildman–Crippen MR) is 91.7 cm³/mol. The van der Waals surface area contributed by atoms with Crippen LogP contribution in [0.1, 0.15) is 18.1 Å². The van der Waals surface area contributed by atoms with Crippen molar-refractivity contribution < 1.29 is 13.2 Å². The number of hydrogen-bond donors (Lipinski definition) is 3. The van der Waals surface area contributed by atoms with E-state index in [9.17, 15) is 13.2 Å². The Morgan fingerprint density at radius 3 is 2.30 bits per heavy atom. The molecule has 2 aromatic carbocycles. The number of nitrogens with two attached hydrogens (primary N) is 1. The van der Waals surface area contributed by atoms with Gasteiger partial charge in [-0.25, -0.2) is 18.4 Å². The Morgan fingerprint density at radius 1 is 1.04 bits per heavy atom. The van der Waals surface area contributed by atoms with Crippen molar-refractivity contribution in [1.82, 2.24) is 0 Å². The van der Waals surface area contributed by atoms with Gasteiger partial charge in [-0.05, 0) is 35.7 Å². The monoisotopic (exact) mass is 333 g/mol. The van der Waals surface area contributed by atoms with Crippen LogP contribution in [0.4, 0.5) is 16.2 Å². The molecule has 6 nitrogen and oxygen atoms in total. The fraction of sp³-hybridized carbons (Fsp3) is 0.188. The van der Waals surface area contributed by atoms with Gasteiger partial charge in [-0.3, -0.25) is 0 Å². The fourth-order valence-electron chi connectivity index (χ4n) is 2.09. The Hall–Kier alpha value is -2.38. The van der Waals surface area contributed by atoms with Crippen LogP contribution in [-0.2, 0) is 22.2 Å². The van der Waals surface area contributed by atoms with Crippen molar-refractivity contribution in [3.63, 3.8) is 0 Å². The number of para-hydroxylation sites is 1. The molecule has 0 aromatic heterocycles. The number of aryl methyl sites for hydroxylation is 1. The first kappa shape index (κ1) is 17.0. The molecule has 23 heavy (non-hydrogen) atoms. The van der Waals surface area contributed by atoms with E-state index in [4.69, 9.17) is 5.14 Å². The summed E-state index contributed by atoms with van der Waals surface area (Å²) < 4.78 is 22.5. The number of amides is 2. The van der Waals surface area contributed by atoms with E-state index in [1.165, 1.54) is 5.56 Å². The second-order valence-electron chi connectivity index (χ2n) is 5.09. The van der Waals surface area contributed by atoms with E-state index in [-0.39, 0.29) is 5.75 Å². The highest BCUT2D eigenvalue weighted by molar-refractivity contribution is 7.88. The summed E-state index contributed by atoms with van der Waals surface area (Å²) in [4.78, 5) is 12.1. The summed E-state index contributed by atoms with van der Waals surface area (Å²) in [5.74, 6) is -0.339. The number of primary sulfonamides is 1. The van der Waals surface area contributed by atoms with Gasteiger partial charge in [0.25, 0.3) is 0 Å². The fourth-order valence-corrected chi connectivity index (χ4v) is 2.78. The topological polar surface area (TPSA) is 101 Å². The first-order chi connectivity index (χ1) is 10.9. The lowest BCUT2D eigenvalue weighted by molar-refractivity contribution is 0.262. The van der Waals surface area contributed by atoms with Gasteiger partial charge in [-0.2, -0.15) is 0 Å². The van der Waals surface area contributed by atoms with E-state index in [1.807, 2.05) is 24.3 Å². The van der Waals surface area contributed by atoms with Crippen molar-refractivity contribution in [2.24, 2.45) is 5.14 Å². The number of urea groups is 1. The molecule has 0 heterocycles. The normalized spacial score (nSPS) is 11.0. The highest BCUT2D eigenvalue weighted by Crippen LogP contribution is 2.18. The second kappa shape index (κ2) is 7.26. The lowest BCUT2D eigenvalue weighted by Crippen LogP contribution is -2.21. The molecule has 2 rings (SSSR count). The van der Waals surface area contributed by atoms with Crippen LogP contribution >= 0.6 is 0 Å². The van der Waals surface area contributed by atoms with Gasteiger partial charge in [-0.1, -0.05) is 37.3 Å². The van der Waals surface area contributed by atoms with Gasteiger partial charge in [0, 0.05) is 11.4 Å². The van der Waals surface area contributed by atoms with Gasteiger partial charge in [0.15, 0.2) is 0 Å². The first-order valence-corrected chi connectivity index (χ1v) is 8.84. The standard InChI is InChI=1S/C16H19N3O3S/c1-2-12-7-9-14(10-8-12)18-16(20)19-15-6-4-3-5-13(15)11-23(17,21)22/h3-10H,2,11H2,1H3,(H2,17,21,22)(H2,18,19,20). The number of sulfonamides is 1. The van der Waals surface area contributed by atoms with E-state index in [2.05, 4.69) is 17.6 Å². The smallest absolute Gasteiger partial charge is 0.308 e. The van der Waals surface area contributed by atoms with Crippen molar-refractivity contribution in [2.45, 2.75) is 19.1 Å². The van der Waals surface area contributed by atoms with Crippen molar-refractivity contribution in [3.8, 4) is 0 Å². The molecule has 0 aliphatic rings. The summed E-state index contributed by atoms with van der Waals surface area (Å²) in [6.45, 7) is 2.05. The van der Waals surface area contributed by atoms with Crippen LogP contribution in [0.15, 0.2) is 48.5 Å². The third-order valence-electron chi connectivity index (χ3n) is 3.24. The largest absolute Gasteiger partial charge is 0.323 e. The molecule has 0 bridgehead atoms. The van der Waals surface area contributed by atoms with Gasteiger partial charge in [0.1, 0.15) is 0 Å². The molecule has 122 valence electrons. The molecule has 0 unspecified atom stereocenters. The lowest BCUT2D eigenvalue weighted by Gasteiger charge is -2.11. The minimum absolute atomic E-state index is 0.339. The Bertz CT molecular complexity index is 786. The molecule has 2 aromatic rings. The summed E-state index contributed by atoms with van der Waals surface area (Å²) in [6.07, 6.45) is 0.924. The third kappa shape index (κ3) is 5.39. The van der Waals surface area contributed by atoms with Crippen molar-refractivity contribution in [2.75, 3.05) is 10.6 Å². The lowest BCUT2D eigenvalue weighted by atomic mass is 10.1. The van der Waals surface area contributed by atoms with Crippen LogP contribution < -0.4 is 15.8 Å². The Labute approximate surface area is 135 Å². The molecule has 0 aliphatic heterocycles. The Kier molecular flexibility index (Phi) is 5.36. The van der Waals surface area contributed by atoms with Crippen LogP contribution in [0.2, 0.25) is 0 Å². The molecule has 0 atom stereocenters. The molecule has 0 saturated heterocycles. The molecule has 0 fully saturated rings. The number of carbonyl (C=O) groups excluding carboxylic acids is 1. The zero-order valence-electron chi connectivity index (χ0n) is 12.7. The highest BCUT2D eigenvalue weighted by atomic mass is 32.2. The summed E-state index contributed by atoms with van der Waals surface area (Å²) in [6, 6.07) is 13.7. The molecule has 0 radical (unpaired) electrons. The zero-order chi connectivity index (χ0) is 16.9. The van der Waals surface area contributed by atoms with E-state index in [1.54, 1.807) is 24.3 Å². The highest BCUT2D eigenvalue weighted by Gasteiger charge is 2.11. The Balaban J connectivity index is 2.08. The van der Waals surface area contributed by atoms with Crippen LogP contribution in [0.3, 0.4) is 0 Å². The molecule has 7 heteroatoms. The third-order valence-corrected chi connectivity index (χ3v) is 3.96. The molecule has 4 N–H and O–H groups in total. The summed E-state index contributed by atoms with van der Waals surface area (Å²) >= 11 is 0. The Morgan fingerprint density at radius 2 is 1.70 bits per heavy atom. The van der Waals surface area contributed by atoms with Gasteiger partial charge in [0.05, 0.1) is 5.75 Å². The molecule has 2 amide bonds. The average Bonchev–Trinajstić information content (AvgIpc) is 2.48. The number of anilines is 2. The molecule has 0 aliphatic carbocycles. The van der Waals surface area contributed by atoms with Crippen LogP contribution in [0.25, 0.3) is 0 Å². The van der Waals surface area contributed by atoms with Gasteiger partial charge in [0.2, 0.25) is 10.0 Å². The first-order valence-electron chi connectivity index (χ1n) is 7.12. The van der Waals surface area contributed by atoms with Gasteiger partial charge < -0.3 is 10.6 Å². The maximum absolute atomic E-state index is 12.1. The van der Waals surface area contributed by atoms with Gasteiger partial charge in [-0.15, -0.1) is 0 Å². The summed E-state index contributed by atoms with van der Waals surface area (Å²) in [5, 5.41) is 10.4. The van der Waals surface area contributed by atoms with Crippen LogP contribution in [0.5, 0.6) is 0 Å². The van der Waals surface area contributed by atoms with Crippen molar-refractivity contribution in [3.05, 3.63) is 59.7 Å². The van der Waals surface area contributed by atoms with Gasteiger partial charge >= 0.3 is 6.03 Å². The molecular weight excluding hydrogens is 314 g/mol. The van der Waals surface area contributed by atoms with Crippen LogP contribution in [-0.4, -0.2) is 14.4 Å². The zero-order valence-corrected chi connectivity index (χ0v) is 13.6. The predicted octanol–water partition coefficient (Wildman–Crippen LogP) is 2.68. The van der Waals surface area contributed by atoms with E-state index in [0.29, 0.717) is 16.9 Å². The maximum Gasteiger partial charge on any atom is 0.323 e.